The van der Waals surface area contributed by atoms with Crippen molar-refractivity contribution in [2.24, 2.45) is 5.73 Å². The van der Waals surface area contributed by atoms with Gasteiger partial charge < -0.3 is 11.1 Å². The largest absolute Gasteiger partial charge is 0.391 e. The molecule has 1 amide bonds. The first-order chi connectivity index (χ1) is 9.05. The first-order valence-corrected chi connectivity index (χ1v) is 6.68. The predicted octanol–water partition coefficient (Wildman–Crippen LogP) is 1.94. The van der Waals surface area contributed by atoms with Gasteiger partial charge in [0, 0.05) is 6.20 Å². The number of thiocarbonyl (C=S) groups is 1. The second-order valence-corrected chi connectivity index (χ2v) is 5.26. The molecule has 1 aromatic heterocycles. The Labute approximate surface area is 116 Å². The van der Waals surface area contributed by atoms with Crippen molar-refractivity contribution in [3.05, 3.63) is 29.8 Å². The topological polar surface area (TPSA) is 68.0 Å². The summed E-state index contributed by atoms with van der Waals surface area (Å²) in [6.45, 7) is 0. The van der Waals surface area contributed by atoms with Crippen molar-refractivity contribution in [2.75, 3.05) is 0 Å². The zero-order chi connectivity index (χ0) is 13.9. The van der Waals surface area contributed by atoms with Crippen molar-refractivity contribution in [1.29, 1.82) is 0 Å². The maximum Gasteiger partial charge on any atom is 0.255 e. The van der Waals surface area contributed by atoms with Crippen LogP contribution in [0.2, 0.25) is 0 Å². The van der Waals surface area contributed by atoms with E-state index in [2.05, 4.69) is 10.3 Å². The highest BCUT2D eigenvalue weighted by molar-refractivity contribution is 7.80. The molecule has 3 N–H and O–H groups in total. The number of amides is 1. The van der Waals surface area contributed by atoms with Crippen LogP contribution in [0.15, 0.2) is 18.5 Å². The number of aromatic nitrogens is 1. The summed E-state index contributed by atoms with van der Waals surface area (Å²) < 4.78 is 13.5. The van der Waals surface area contributed by atoms with Crippen molar-refractivity contribution in [3.8, 4) is 0 Å². The molecule has 0 aliphatic heterocycles. The summed E-state index contributed by atoms with van der Waals surface area (Å²) in [4.78, 5) is 16.0. The van der Waals surface area contributed by atoms with Gasteiger partial charge >= 0.3 is 0 Å². The molecule has 0 saturated heterocycles. The lowest BCUT2D eigenvalue weighted by molar-refractivity contribution is 0.0904. The molecule has 1 saturated carbocycles. The Balaban J connectivity index is 2.20. The molecule has 0 unspecified atom stereocenters. The Morgan fingerprint density at radius 2 is 2.11 bits per heavy atom. The van der Waals surface area contributed by atoms with Crippen LogP contribution in [0.3, 0.4) is 0 Å². The summed E-state index contributed by atoms with van der Waals surface area (Å²) in [5.41, 5.74) is 5.07. The van der Waals surface area contributed by atoms with Crippen LogP contribution in [0, 0.1) is 5.82 Å². The van der Waals surface area contributed by atoms with Gasteiger partial charge in [-0.1, -0.05) is 31.5 Å². The van der Waals surface area contributed by atoms with Crippen molar-refractivity contribution in [1.82, 2.24) is 10.3 Å². The number of carbonyl (C=O) groups excluding carboxylic acids is 1. The van der Waals surface area contributed by atoms with E-state index in [0.717, 1.165) is 25.5 Å². The number of pyridine rings is 1. The summed E-state index contributed by atoms with van der Waals surface area (Å²) in [5, 5.41) is 2.82. The maximum atomic E-state index is 13.5. The summed E-state index contributed by atoms with van der Waals surface area (Å²) in [6.07, 6.45) is 6.83. The summed E-state index contributed by atoms with van der Waals surface area (Å²) in [7, 11) is 0. The second-order valence-electron chi connectivity index (χ2n) is 4.82. The van der Waals surface area contributed by atoms with E-state index >= 15 is 0 Å². The van der Waals surface area contributed by atoms with Crippen molar-refractivity contribution in [3.63, 3.8) is 0 Å². The molecule has 4 nitrogen and oxygen atoms in total. The quantitative estimate of drug-likeness (QED) is 0.831. The minimum atomic E-state index is -0.680. The highest BCUT2D eigenvalue weighted by Crippen LogP contribution is 2.29. The summed E-state index contributed by atoms with van der Waals surface area (Å²) >= 11 is 5.09. The van der Waals surface area contributed by atoms with Gasteiger partial charge in [0.25, 0.3) is 5.91 Å². The van der Waals surface area contributed by atoms with Gasteiger partial charge in [-0.15, -0.1) is 0 Å². The van der Waals surface area contributed by atoms with Crippen molar-refractivity contribution < 1.29 is 9.18 Å². The first-order valence-electron chi connectivity index (χ1n) is 6.27. The molecular formula is C13H16FN3OS. The number of nitrogens with two attached hydrogens (primary N) is 1. The average molecular weight is 281 g/mol. The molecule has 1 aliphatic rings. The lowest BCUT2D eigenvalue weighted by Gasteiger charge is -2.37. The number of hydrogen-bond acceptors (Lipinski definition) is 3. The van der Waals surface area contributed by atoms with Gasteiger partial charge in [-0.25, -0.2) is 4.39 Å². The van der Waals surface area contributed by atoms with Gasteiger partial charge in [0.05, 0.1) is 22.3 Å². The minimum Gasteiger partial charge on any atom is -0.391 e. The number of hydrogen-bond donors (Lipinski definition) is 2. The number of carbonyl (C=O) groups is 1. The van der Waals surface area contributed by atoms with Crippen LogP contribution in [0.4, 0.5) is 4.39 Å². The number of nitrogens with one attached hydrogen (secondary N) is 1. The molecule has 1 aliphatic carbocycles. The zero-order valence-electron chi connectivity index (χ0n) is 10.5. The molecule has 0 bridgehead atoms. The van der Waals surface area contributed by atoms with Crippen LogP contribution in [0.25, 0.3) is 0 Å². The summed E-state index contributed by atoms with van der Waals surface area (Å²) in [6, 6.07) is 1.35. The molecule has 6 heteroatoms. The third kappa shape index (κ3) is 2.89. The fourth-order valence-electron chi connectivity index (χ4n) is 2.43. The molecule has 102 valence electrons. The average Bonchev–Trinajstić information content (AvgIpc) is 2.40. The fourth-order valence-corrected chi connectivity index (χ4v) is 2.69. The Morgan fingerprint density at radius 1 is 1.42 bits per heavy atom. The van der Waals surface area contributed by atoms with E-state index in [9.17, 15) is 9.18 Å². The molecular weight excluding hydrogens is 265 g/mol. The van der Waals surface area contributed by atoms with Crippen molar-refractivity contribution >= 4 is 23.1 Å². The van der Waals surface area contributed by atoms with Crippen LogP contribution in [-0.2, 0) is 0 Å². The van der Waals surface area contributed by atoms with E-state index in [0.29, 0.717) is 12.8 Å². The van der Waals surface area contributed by atoms with Gasteiger partial charge in [-0.3, -0.25) is 9.78 Å². The third-order valence-corrected chi connectivity index (χ3v) is 3.94. The smallest absolute Gasteiger partial charge is 0.255 e. The monoisotopic (exact) mass is 281 g/mol. The Morgan fingerprint density at radius 3 is 2.68 bits per heavy atom. The molecule has 0 aromatic carbocycles. The molecule has 0 spiro atoms. The van der Waals surface area contributed by atoms with Crippen LogP contribution < -0.4 is 11.1 Å². The lowest BCUT2D eigenvalue weighted by Crippen LogP contribution is -2.57. The molecule has 19 heavy (non-hydrogen) atoms. The normalized spacial score (nSPS) is 17.7. The highest BCUT2D eigenvalue weighted by Gasteiger charge is 2.37. The maximum absolute atomic E-state index is 13.5. The van der Waals surface area contributed by atoms with Crippen molar-refractivity contribution in [2.45, 2.75) is 37.6 Å². The van der Waals surface area contributed by atoms with E-state index < -0.39 is 17.3 Å². The van der Waals surface area contributed by atoms with Crippen LogP contribution in [-0.4, -0.2) is 21.4 Å². The Hall–Kier alpha value is -1.56. The first kappa shape index (κ1) is 13.9. The molecule has 2 rings (SSSR count). The molecule has 1 heterocycles. The number of nitrogens with zero attached hydrogens (tertiary/aromatic N) is 1. The van der Waals surface area contributed by atoms with Gasteiger partial charge in [-0.05, 0) is 18.9 Å². The second kappa shape index (κ2) is 5.61. The lowest BCUT2D eigenvalue weighted by atomic mass is 9.81. The SMILES string of the molecule is NC(=S)C1(NC(=O)c2ccncc2F)CCCCC1. The predicted molar refractivity (Wildman–Crippen MR) is 74.3 cm³/mol. The van der Waals surface area contributed by atoms with E-state index in [1.165, 1.54) is 12.3 Å². The van der Waals surface area contributed by atoms with E-state index in [1.807, 2.05) is 0 Å². The van der Waals surface area contributed by atoms with Gasteiger partial charge in [0.15, 0.2) is 5.82 Å². The van der Waals surface area contributed by atoms with Gasteiger partial charge in [0.2, 0.25) is 0 Å². The van der Waals surface area contributed by atoms with E-state index in [4.69, 9.17) is 18.0 Å². The number of halogens is 1. The molecule has 0 radical (unpaired) electrons. The standard InChI is InChI=1S/C13H16FN3OS/c14-10-8-16-7-4-9(10)11(18)17-13(12(15)19)5-2-1-3-6-13/h4,7-8H,1-3,5-6H2,(H2,15,19)(H,17,18). The zero-order valence-corrected chi connectivity index (χ0v) is 11.3. The molecule has 1 aromatic rings. The van der Waals surface area contributed by atoms with E-state index in [-0.39, 0.29) is 10.6 Å². The number of rotatable bonds is 3. The van der Waals surface area contributed by atoms with Gasteiger partial charge in [-0.2, -0.15) is 0 Å². The Bertz CT molecular complexity index is 500. The molecule has 1 fully saturated rings. The third-order valence-electron chi connectivity index (χ3n) is 3.55. The fraction of sp³-hybridized carbons (Fsp3) is 0.462. The Kier molecular flexibility index (Phi) is 4.09. The van der Waals surface area contributed by atoms with Crippen LogP contribution in [0.1, 0.15) is 42.5 Å². The van der Waals surface area contributed by atoms with Crippen LogP contribution in [0.5, 0.6) is 0 Å². The molecule has 0 atom stereocenters. The van der Waals surface area contributed by atoms with E-state index in [1.54, 1.807) is 0 Å². The minimum absolute atomic E-state index is 0.0313. The van der Waals surface area contributed by atoms with Gasteiger partial charge in [0.1, 0.15) is 0 Å². The van der Waals surface area contributed by atoms with Crippen LogP contribution >= 0.6 is 12.2 Å². The highest BCUT2D eigenvalue weighted by atomic mass is 32.1. The summed E-state index contributed by atoms with van der Waals surface area (Å²) in [5.74, 6) is -1.14.